The van der Waals surface area contributed by atoms with Gasteiger partial charge in [0.1, 0.15) is 0 Å². The normalized spacial score (nSPS) is 21.6. The first-order chi connectivity index (χ1) is 13.7. The number of hydrogen-bond donors (Lipinski definition) is 3. The van der Waals surface area contributed by atoms with E-state index in [1.807, 2.05) is 20.9 Å². The molecule has 2 heterocycles. The summed E-state index contributed by atoms with van der Waals surface area (Å²) < 4.78 is 1.78. The number of benzene rings is 1. The van der Waals surface area contributed by atoms with Gasteiger partial charge in [-0.05, 0) is 26.3 Å². The van der Waals surface area contributed by atoms with Crippen molar-refractivity contribution in [2.45, 2.75) is 46.1 Å². The molecule has 0 aliphatic carbocycles. The molecular formula is C22H32N5O2+. The first-order valence-corrected chi connectivity index (χ1v) is 10.2. The van der Waals surface area contributed by atoms with E-state index in [0.29, 0.717) is 6.54 Å². The first kappa shape index (κ1) is 21.0. The molecular weight excluding hydrogens is 366 g/mol. The molecule has 7 nitrogen and oxygen atoms in total. The molecule has 0 spiro atoms. The minimum absolute atomic E-state index is 0.00145. The average Bonchev–Trinajstić information content (AvgIpc) is 2.89. The van der Waals surface area contributed by atoms with Crippen LogP contribution in [0.15, 0.2) is 24.3 Å². The second kappa shape index (κ2) is 8.37. The Labute approximate surface area is 172 Å². The van der Waals surface area contributed by atoms with Gasteiger partial charge in [0.2, 0.25) is 5.91 Å². The number of nitrogens with one attached hydrogen (secondary N) is 3. The van der Waals surface area contributed by atoms with Gasteiger partial charge in [0, 0.05) is 26.8 Å². The monoisotopic (exact) mass is 398 g/mol. The zero-order valence-electron chi connectivity index (χ0n) is 18.1. The Morgan fingerprint density at radius 3 is 2.28 bits per heavy atom. The third-order valence-electron chi connectivity index (χ3n) is 6.01. The van der Waals surface area contributed by atoms with E-state index in [4.69, 9.17) is 0 Å². The van der Waals surface area contributed by atoms with Crippen LogP contribution in [0.4, 0.5) is 5.69 Å². The Balaban J connectivity index is 1.65. The fourth-order valence-corrected chi connectivity index (χ4v) is 4.27. The Kier molecular flexibility index (Phi) is 6.07. The molecule has 7 heteroatoms. The third-order valence-corrected chi connectivity index (χ3v) is 6.01. The van der Waals surface area contributed by atoms with Gasteiger partial charge >= 0.3 is 0 Å². The van der Waals surface area contributed by atoms with Gasteiger partial charge in [-0.25, -0.2) is 0 Å². The molecule has 0 bridgehead atoms. The van der Waals surface area contributed by atoms with Gasteiger partial charge in [0.05, 0.1) is 35.7 Å². The minimum Gasteiger partial charge on any atom is -0.346 e. The van der Waals surface area contributed by atoms with Crippen LogP contribution in [0.25, 0.3) is 0 Å². The number of likely N-dealkylation sites (tertiary alicyclic amines) is 1. The smallest absolute Gasteiger partial charge is 0.279 e. The molecule has 1 fully saturated rings. The predicted molar refractivity (Wildman–Crippen MR) is 113 cm³/mol. The van der Waals surface area contributed by atoms with Crippen LogP contribution in [0, 0.1) is 20.8 Å². The van der Waals surface area contributed by atoms with E-state index in [1.54, 1.807) is 11.6 Å². The quantitative estimate of drug-likeness (QED) is 0.703. The van der Waals surface area contributed by atoms with Crippen LogP contribution in [0.5, 0.6) is 0 Å². The number of aromatic nitrogens is 2. The maximum absolute atomic E-state index is 12.6. The number of amides is 2. The molecule has 1 aliphatic heterocycles. The molecule has 156 valence electrons. The van der Waals surface area contributed by atoms with E-state index in [-0.39, 0.29) is 17.4 Å². The number of carbonyl (C=O) groups is 2. The predicted octanol–water partition coefficient (Wildman–Crippen LogP) is 0.994. The van der Waals surface area contributed by atoms with Gasteiger partial charge in [0.25, 0.3) is 5.91 Å². The van der Waals surface area contributed by atoms with Crippen molar-refractivity contribution < 1.29 is 14.5 Å². The number of carbonyl (C=O) groups excluding carboxylic acids is 2. The molecule has 1 saturated heterocycles. The second-order valence-corrected chi connectivity index (χ2v) is 8.27. The van der Waals surface area contributed by atoms with E-state index in [1.165, 1.54) is 10.5 Å². The number of rotatable bonds is 5. The molecule has 0 saturated carbocycles. The molecule has 0 atom stereocenters. The van der Waals surface area contributed by atoms with Crippen LogP contribution in [-0.4, -0.2) is 41.2 Å². The topological polar surface area (TPSA) is 80.5 Å². The summed E-state index contributed by atoms with van der Waals surface area (Å²) in [5, 5.41) is 10.6. The lowest BCUT2D eigenvalue weighted by Crippen LogP contribution is -3.14. The van der Waals surface area contributed by atoms with E-state index >= 15 is 0 Å². The Morgan fingerprint density at radius 1 is 1.14 bits per heavy atom. The fourth-order valence-electron chi connectivity index (χ4n) is 4.27. The molecule has 29 heavy (non-hydrogen) atoms. The van der Waals surface area contributed by atoms with Crippen LogP contribution in [-0.2, 0) is 22.2 Å². The number of hydrogen-bond acceptors (Lipinski definition) is 3. The summed E-state index contributed by atoms with van der Waals surface area (Å²) in [4.78, 5) is 25.7. The van der Waals surface area contributed by atoms with Gasteiger partial charge in [-0.1, -0.05) is 29.8 Å². The molecule has 1 aromatic heterocycles. The summed E-state index contributed by atoms with van der Waals surface area (Å²) in [5.41, 5.74) is 4.58. The highest BCUT2D eigenvalue weighted by Gasteiger charge is 2.39. The van der Waals surface area contributed by atoms with Gasteiger partial charge in [0.15, 0.2) is 6.54 Å². The van der Waals surface area contributed by atoms with Gasteiger partial charge in [-0.3, -0.25) is 14.3 Å². The minimum atomic E-state index is -0.351. The van der Waals surface area contributed by atoms with Crippen molar-refractivity contribution >= 4 is 17.5 Å². The largest absolute Gasteiger partial charge is 0.346 e. The fraction of sp³-hybridized carbons (Fsp3) is 0.500. The third kappa shape index (κ3) is 4.67. The van der Waals surface area contributed by atoms with Crippen molar-refractivity contribution in [1.29, 1.82) is 0 Å². The lowest BCUT2D eigenvalue weighted by Gasteiger charge is -2.40. The number of aryl methyl sites for hydroxylation is 3. The van der Waals surface area contributed by atoms with Crippen LogP contribution < -0.4 is 15.5 Å². The molecule has 3 N–H and O–H groups in total. The SMILES string of the molecule is CC(=O)NC1(c2ccc(C)cc2)CC[NH+](CC(=O)Nc2c(C)nn(C)c2C)CC1. The molecule has 2 aromatic rings. The Bertz CT molecular complexity index is 893. The van der Waals surface area contributed by atoms with E-state index in [2.05, 4.69) is 46.9 Å². The average molecular weight is 399 g/mol. The summed E-state index contributed by atoms with van der Waals surface area (Å²) in [6.45, 7) is 9.55. The standard InChI is InChI=1S/C22H31N5O2/c1-15-6-8-19(9-7-15)22(24-18(4)28)10-12-27(13-11-22)14-20(29)23-21-16(2)25-26(5)17(21)3/h6-9H,10-14H2,1-5H3,(H,23,29)(H,24,28)/p+1. The lowest BCUT2D eigenvalue weighted by atomic mass is 9.80. The van der Waals surface area contributed by atoms with Crippen LogP contribution in [0.3, 0.4) is 0 Å². The van der Waals surface area contributed by atoms with Crippen molar-refractivity contribution in [1.82, 2.24) is 15.1 Å². The molecule has 2 amide bonds. The highest BCUT2D eigenvalue weighted by molar-refractivity contribution is 5.92. The van der Waals surface area contributed by atoms with Crippen molar-refractivity contribution in [3.05, 3.63) is 46.8 Å². The summed E-state index contributed by atoms with van der Waals surface area (Å²) in [7, 11) is 1.88. The van der Waals surface area contributed by atoms with E-state index < -0.39 is 0 Å². The molecule has 0 radical (unpaired) electrons. The maximum atomic E-state index is 12.6. The van der Waals surface area contributed by atoms with Gasteiger partial charge < -0.3 is 15.5 Å². The van der Waals surface area contributed by atoms with Crippen LogP contribution >= 0.6 is 0 Å². The van der Waals surface area contributed by atoms with Crippen molar-refractivity contribution in [2.75, 3.05) is 25.0 Å². The number of piperidine rings is 1. The van der Waals surface area contributed by atoms with Crippen LogP contribution in [0.1, 0.15) is 42.3 Å². The number of anilines is 1. The second-order valence-electron chi connectivity index (χ2n) is 8.27. The molecule has 0 unspecified atom stereocenters. The number of quaternary nitrogens is 1. The van der Waals surface area contributed by atoms with E-state index in [0.717, 1.165) is 48.6 Å². The van der Waals surface area contributed by atoms with Gasteiger partial charge in [-0.15, -0.1) is 0 Å². The zero-order valence-corrected chi connectivity index (χ0v) is 18.1. The maximum Gasteiger partial charge on any atom is 0.279 e. The van der Waals surface area contributed by atoms with Crippen molar-refractivity contribution in [3.8, 4) is 0 Å². The molecule has 1 aromatic carbocycles. The summed E-state index contributed by atoms with van der Waals surface area (Å²) in [6.07, 6.45) is 1.62. The highest BCUT2D eigenvalue weighted by Crippen LogP contribution is 2.30. The van der Waals surface area contributed by atoms with E-state index in [9.17, 15) is 9.59 Å². The summed E-state index contributed by atoms with van der Waals surface area (Å²) in [5.74, 6) is -0.0177. The summed E-state index contributed by atoms with van der Waals surface area (Å²) in [6, 6.07) is 8.39. The molecule has 1 aliphatic rings. The van der Waals surface area contributed by atoms with Crippen molar-refractivity contribution in [2.24, 2.45) is 7.05 Å². The zero-order chi connectivity index (χ0) is 21.2. The first-order valence-electron chi connectivity index (χ1n) is 10.2. The Morgan fingerprint density at radius 2 is 1.76 bits per heavy atom. The highest BCUT2D eigenvalue weighted by atomic mass is 16.2. The van der Waals surface area contributed by atoms with Crippen LogP contribution in [0.2, 0.25) is 0 Å². The number of nitrogens with zero attached hydrogens (tertiary/aromatic N) is 2. The lowest BCUT2D eigenvalue weighted by molar-refractivity contribution is -0.898. The molecule has 3 rings (SSSR count). The Hall–Kier alpha value is -2.67. The summed E-state index contributed by atoms with van der Waals surface area (Å²) >= 11 is 0. The van der Waals surface area contributed by atoms with Gasteiger partial charge in [-0.2, -0.15) is 5.10 Å². The van der Waals surface area contributed by atoms with Crippen molar-refractivity contribution in [3.63, 3.8) is 0 Å².